The fourth-order valence-corrected chi connectivity index (χ4v) is 2.11. The number of rotatable bonds is 4. The van der Waals surface area contributed by atoms with Crippen molar-refractivity contribution in [3.05, 3.63) is 0 Å². The molecule has 0 atom stereocenters. The van der Waals surface area contributed by atoms with Crippen molar-refractivity contribution in [1.29, 1.82) is 0 Å². The molecule has 1 aliphatic rings. The Morgan fingerprint density at radius 1 is 1.24 bits per heavy atom. The molecule has 0 radical (unpaired) electrons. The zero-order valence-corrected chi connectivity index (χ0v) is 10.4. The van der Waals surface area contributed by atoms with Gasteiger partial charge in [-0.1, -0.05) is 0 Å². The van der Waals surface area contributed by atoms with Crippen molar-refractivity contribution in [2.45, 2.75) is 57.9 Å². The Bertz CT molecular complexity index is 317. The van der Waals surface area contributed by atoms with Crippen LogP contribution >= 0.6 is 0 Å². The first-order valence-electron chi connectivity index (χ1n) is 5.92. The van der Waals surface area contributed by atoms with E-state index in [4.69, 9.17) is 5.11 Å². The van der Waals surface area contributed by atoms with Gasteiger partial charge in [0.1, 0.15) is 0 Å². The van der Waals surface area contributed by atoms with Crippen LogP contribution in [0, 0.1) is 0 Å². The lowest BCUT2D eigenvalue weighted by atomic mass is 9.95. The van der Waals surface area contributed by atoms with E-state index in [0.717, 1.165) is 12.8 Å². The van der Waals surface area contributed by atoms with E-state index in [9.17, 15) is 14.4 Å². The Morgan fingerprint density at radius 2 is 1.71 bits per heavy atom. The summed E-state index contributed by atoms with van der Waals surface area (Å²) < 4.78 is 0. The Hall–Kier alpha value is -1.39. The van der Waals surface area contributed by atoms with Crippen molar-refractivity contribution in [3.8, 4) is 0 Å². The summed E-state index contributed by atoms with van der Waals surface area (Å²) in [5.41, 5.74) is -0.711. The fourth-order valence-electron chi connectivity index (χ4n) is 2.11. The monoisotopic (exact) mass is 241 g/mol. The van der Waals surface area contributed by atoms with Gasteiger partial charge < -0.3 is 5.11 Å². The minimum Gasteiger partial charge on any atom is -0.481 e. The minimum atomic E-state index is -0.909. The van der Waals surface area contributed by atoms with Gasteiger partial charge in [0, 0.05) is 24.8 Å². The van der Waals surface area contributed by atoms with Gasteiger partial charge in [-0.3, -0.25) is 19.3 Å². The first kappa shape index (κ1) is 13.7. The molecule has 0 aliphatic carbocycles. The lowest BCUT2D eigenvalue weighted by Crippen LogP contribution is -2.50. The molecule has 17 heavy (non-hydrogen) atoms. The number of likely N-dealkylation sites (tertiary alicyclic amines) is 1. The highest BCUT2D eigenvalue weighted by atomic mass is 16.4. The SMILES string of the molecule is CC(C)(CCC(=O)O)N1C(=O)CCCCC1=O. The number of amides is 2. The highest BCUT2D eigenvalue weighted by molar-refractivity contribution is 5.97. The van der Waals surface area contributed by atoms with Gasteiger partial charge in [-0.15, -0.1) is 0 Å². The molecule has 5 nitrogen and oxygen atoms in total. The van der Waals surface area contributed by atoms with Gasteiger partial charge in [-0.25, -0.2) is 0 Å². The average Bonchev–Trinajstić information content (AvgIpc) is 2.37. The van der Waals surface area contributed by atoms with E-state index in [1.807, 2.05) is 0 Å². The van der Waals surface area contributed by atoms with Crippen LogP contribution in [0.3, 0.4) is 0 Å². The third-order valence-electron chi connectivity index (χ3n) is 3.09. The van der Waals surface area contributed by atoms with E-state index < -0.39 is 11.5 Å². The summed E-state index contributed by atoms with van der Waals surface area (Å²) in [6.45, 7) is 3.49. The highest BCUT2D eigenvalue weighted by Gasteiger charge is 2.36. The van der Waals surface area contributed by atoms with Crippen molar-refractivity contribution in [3.63, 3.8) is 0 Å². The fraction of sp³-hybridized carbons (Fsp3) is 0.750. The van der Waals surface area contributed by atoms with Gasteiger partial charge in [0.15, 0.2) is 0 Å². The van der Waals surface area contributed by atoms with Crippen LogP contribution in [0.1, 0.15) is 52.4 Å². The Labute approximate surface area is 101 Å². The average molecular weight is 241 g/mol. The van der Waals surface area contributed by atoms with Crippen molar-refractivity contribution in [2.24, 2.45) is 0 Å². The smallest absolute Gasteiger partial charge is 0.303 e. The highest BCUT2D eigenvalue weighted by Crippen LogP contribution is 2.26. The number of hydrogen-bond donors (Lipinski definition) is 1. The van der Waals surface area contributed by atoms with Crippen LogP contribution in [0.5, 0.6) is 0 Å². The molecule has 96 valence electrons. The summed E-state index contributed by atoms with van der Waals surface area (Å²) in [5, 5.41) is 8.67. The molecular weight excluding hydrogens is 222 g/mol. The van der Waals surface area contributed by atoms with Crippen LogP contribution in [0.4, 0.5) is 0 Å². The number of imide groups is 1. The predicted molar refractivity (Wildman–Crippen MR) is 61.3 cm³/mol. The quantitative estimate of drug-likeness (QED) is 0.758. The summed E-state index contributed by atoms with van der Waals surface area (Å²) in [4.78, 5) is 35.6. The van der Waals surface area contributed by atoms with Crippen LogP contribution in [0.2, 0.25) is 0 Å². The summed E-state index contributed by atoms with van der Waals surface area (Å²) >= 11 is 0. The van der Waals surface area contributed by atoms with Gasteiger partial charge in [0.25, 0.3) is 0 Å². The zero-order valence-electron chi connectivity index (χ0n) is 10.4. The number of carbonyl (C=O) groups excluding carboxylic acids is 2. The molecule has 0 aromatic heterocycles. The standard InChI is InChI=1S/C12H19NO4/c1-12(2,8-7-11(16)17)13-9(14)5-3-4-6-10(13)15/h3-8H2,1-2H3,(H,16,17). The molecule has 1 aliphatic heterocycles. The lowest BCUT2D eigenvalue weighted by Gasteiger charge is -2.36. The molecule has 5 heteroatoms. The molecule has 1 saturated heterocycles. The van der Waals surface area contributed by atoms with Crippen molar-refractivity contribution >= 4 is 17.8 Å². The number of nitrogens with zero attached hydrogens (tertiary/aromatic N) is 1. The Kier molecular flexibility index (Phi) is 4.26. The molecule has 0 saturated carbocycles. The maximum absolute atomic E-state index is 11.9. The van der Waals surface area contributed by atoms with E-state index in [1.54, 1.807) is 13.8 Å². The molecule has 1 N–H and O–H groups in total. The summed E-state index contributed by atoms with van der Waals surface area (Å²) in [5.74, 6) is -1.27. The van der Waals surface area contributed by atoms with Crippen molar-refractivity contribution in [1.82, 2.24) is 4.90 Å². The first-order valence-corrected chi connectivity index (χ1v) is 5.92. The summed E-state index contributed by atoms with van der Waals surface area (Å²) in [6.07, 6.45) is 2.47. The van der Waals surface area contributed by atoms with Gasteiger partial charge in [0.05, 0.1) is 0 Å². The van der Waals surface area contributed by atoms with E-state index in [-0.39, 0.29) is 18.2 Å². The summed E-state index contributed by atoms with van der Waals surface area (Å²) in [7, 11) is 0. The third kappa shape index (κ3) is 3.54. The Morgan fingerprint density at radius 3 is 2.12 bits per heavy atom. The second-order valence-corrected chi connectivity index (χ2v) is 5.04. The zero-order chi connectivity index (χ0) is 13.1. The van der Waals surface area contributed by atoms with Crippen LogP contribution in [-0.2, 0) is 14.4 Å². The number of aliphatic carboxylic acids is 1. The molecule has 2 amide bonds. The van der Waals surface area contributed by atoms with Crippen LogP contribution in [0.25, 0.3) is 0 Å². The van der Waals surface area contributed by atoms with Crippen molar-refractivity contribution in [2.75, 3.05) is 0 Å². The molecule has 1 fully saturated rings. The van der Waals surface area contributed by atoms with E-state index in [1.165, 1.54) is 4.90 Å². The Balaban J connectivity index is 2.81. The van der Waals surface area contributed by atoms with Gasteiger partial charge >= 0.3 is 5.97 Å². The van der Waals surface area contributed by atoms with Crippen LogP contribution < -0.4 is 0 Å². The molecule has 0 spiro atoms. The maximum Gasteiger partial charge on any atom is 0.303 e. The lowest BCUT2D eigenvalue weighted by molar-refractivity contribution is -0.152. The van der Waals surface area contributed by atoms with Gasteiger partial charge in [0.2, 0.25) is 11.8 Å². The van der Waals surface area contributed by atoms with Crippen molar-refractivity contribution < 1.29 is 19.5 Å². The second-order valence-electron chi connectivity index (χ2n) is 5.04. The molecule has 0 aromatic carbocycles. The first-order chi connectivity index (χ1) is 7.84. The molecule has 0 bridgehead atoms. The molecule has 0 unspecified atom stereocenters. The largest absolute Gasteiger partial charge is 0.481 e. The molecule has 1 rings (SSSR count). The second kappa shape index (κ2) is 5.29. The van der Waals surface area contributed by atoms with E-state index in [0.29, 0.717) is 19.3 Å². The molecular formula is C12H19NO4. The van der Waals surface area contributed by atoms with E-state index >= 15 is 0 Å². The minimum absolute atomic E-state index is 0.0376. The predicted octanol–water partition coefficient (Wildman–Crippen LogP) is 1.56. The van der Waals surface area contributed by atoms with Gasteiger partial charge in [-0.05, 0) is 33.1 Å². The number of carbonyl (C=O) groups is 3. The third-order valence-corrected chi connectivity index (χ3v) is 3.09. The number of carboxylic acid groups (broad SMARTS) is 1. The van der Waals surface area contributed by atoms with Crippen LogP contribution in [-0.4, -0.2) is 33.3 Å². The van der Waals surface area contributed by atoms with Gasteiger partial charge in [-0.2, -0.15) is 0 Å². The normalized spacial score (nSPS) is 18.1. The number of carboxylic acids is 1. The maximum atomic E-state index is 11.9. The topological polar surface area (TPSA) is 74.7 Å². The summed E-state index contributed by atoms with van der Waals surface area (Å²) in [6, 6.07) is 0. The molecule has 0 aromatic rings. The van der Waals surface area contributed by atoms with Crippen LogP contribution in [0.15, 0.2) is 0 Å². The number of hydrogen-bond acceptors (Lipinski definition) is 3. The van der Waals surface area contributed by atoms with E-state index in [2.05, 4.69) is 0 Å². The molecule has 1 heterocycles.